The fraction of sp³-hybridized carbons (Fsp3) is 1.00. The maximum absolute atomic E-state index is 5.20. The van der Waals surface area contributed by atoms with Crippen molar-refractivity contribution in [2.24, 2.45) is 0 Å². The van der Waals surface area contributed by atoms with E-state index in [0.29, 0.717) is 0 Å². The Bertz CT molecular complexity index is 150. The van der Waals surface area contributed by atoms with Crippen molar-refractivity contribution in [2.75, 3.05) is 52.5 Å². The first kappa shape index (κ1) is 15.9. The van der Waals surface area contributed by atoms with Crippen LogP contribution in [0, 0.1) is 0 Å². The molecule has 0 radical (unpaired) electrons. The molecular formula is C15H32N2O. The highest BCUT2D eigenvalue weighted by molar-refractivity contribution is 4.62. The summed E-state index contributed by atoms with van der Waals surface area (Å²) in [5, 5.41) is 0. The number of rotatable bonds is 4. The maximum atomic E-state index is 5.20. The summed E-state index contributed by atoms with van der Waals surface area (Å²) in [5.74, 6) is 0. The first-order chi connectivity index (χ1) is 8.86. The highest BCUT2D eigenvalue weighted by Gasteiger charge is 2.07. The normalized spacial score (nSPS) is 22.3. The van der Waals surface area contributed by atoms with Crippen molar-refractivity contribution < 1.29 is 4.74 Å². The van der Waals surface area contributed by atoms with Gasteiger partial charge in [-0.3, -0.25) is 4.90 Å². The molecule has 0 spiro atoms. The molecule has 0 N–H and O–H groups in total. The van der Waals surface area contributed by atoms with Crippen molar-refractivity contribution in [3.8, 4) is 0 Å². The van der Waals surface area contributed by atoms with E-state index in [1.165, 1.54) is 58.3 Å². The van der Waals surface area contributed by atoms with Crippen LogP contribution in [-0.4, -0.2) is 62.3 Å². The van der Waals surface area contributed by atoms with Crippen LogP contribution in [0.15, 0.2) is 0 Å². The van der Waals surface area contributed by atoms with Crippen LogP contribution in [0.3, 0.4) is 0 Å². The van der Waals surface area contributed by atoms with E-state index in [2.05, 4.69) is 23.6 Å². The first-order valence-electron chi connectivity index (χ1n) is 7.89. The average molecular weight is 256 g/mol. The highest BCUT2D eigenvalue weighted by Crippen LogP contribution is 2.07. The third-order valence-electron chi connectivity index (χ3n) is 3.63. The summed E-state index contributed by atoms with van der Waals surface area (Å²) >= 11 is 0. The van der Waals surface area contributed by atoms with E-state index in [0.717, 1.165) is 26.3 Å². The van der Waals surface area contributed by atoms with Gasteiger partial charge < -0.3 is 9.64 Å². The van der Waals surface area contributed by atoms with Crippen molar-refractivity contribution in [2.45, 2.75) is 46.0 Å². The minimum atomic E-state index is 0.931. The standard InChI is InChI=1S/C8H17N.C7H15NO/c1-2-6-9-7-4-3-5-8-9;1-2-3-8-4-6-9-7-5-8/h2-8H2,1H3;2-7H2,1H3. The highest BCUT2D eigenvalue weighted by atomic mass is 16.5. The fourth-order valence-corrected chi connectivity index (χ4v) is 2.64. The van der Waals surface area contributed by atoms with Crippen LogP contribution in [0.4, 0.5) is 0 Å². The number of hydrogen-bond acceptors (Lipinski definition) is 3. The Morgan fingerprint density at radius 2 is 1.22 bits per heavy atom. The molecule has 0 saturated carbocycles. The van der Waals surface area contributed by atoms with Gasteiger partial charge in [-0.2, -0.15) is 0 Å². The summed E-state index contributed by atoms with van der Waals surface area (Å²) in [5.41, 5.74) is 0. The second-order valence-corrected chi connectivity index (χ2v) is 5.36. The SMILES string of the molecule is CCCN1CCCCC1.CCCN1CCOCC1. The second kappa shape index (κ2) is 10.8. The van der Waals surface area contributed by atoms with Gasteiger partial charge in [0.15, 0.2) is 0 Å². The van der Waals surface area contributed by atoms with Crippen LogP contribution in [0.1, 0.15) is 46.0 Å². The van der Waals surface area contributed by atoms with Crippen molar-refractivity contribution in [3.05, 3.63) is 0 Å². The molecule has 0 aromatic carbocycles. The van der Waals surface area contributed by atoms with Crippen LogP contribution in [0.2, 0.25) is 0 Å². The molecule has 2 saturated heterocycles. The molecule has 0 aromatic heterocycles. The number of nitrogens with zero attached hydrogens (tertiary/aromatic N) is 2. The zero-order valence-electron chi connectivity index (χ0n) is 12.5. The molecule has 0 unspecified atom stereocenters. The van der Waals surface area contributed by atoms with Crippen molar-refractivity contribution >= 4 is 0 Å². The predicted molar refractivity (Wildman–Crippen MR) is 78.1 cm³/mol. The van der Waals surface area contributed by atoms with Gasteiger partial charge in [-0.15, -0.1) is 0 Å². The third kappa shape index (κ3) is 7.34. The van der Waals surface area contributed by atoms with Crippen molar-refractivity contribution in [1.82, 2.24) is 9.80 Å². The van der Waals surface area contributed by atoms with E-state index >= 15 is 0 Å². The van der Waals surface area contributed by atoms with Crippen LogP contribution >= 0.6 is 0 Å². The molecule has 2 aliphatic heterocycles. The quantitative estimate of drug-likeness (QED) is 0.769. The van der Waals surface area contributed by atoms with Gasteiger partial charge in [0.2, 0.25) is 0 Å². The number of morpholine rings is 1. The summed E-state index contributed by atoms with van der Waals surface area (Å²) < 4.78 is 5.20. The molecule has 0 aliphatic carbocycles. The molecule has 108 valence electrons. The lowest BCUT2D eigenvalue weighted by Gasteiger charge is -2.25. The topological polar surface area (TPSA) is 15.7 Å². The first-order valence-corrected chi connectivity index (χ1v) is 7.89. The average Bonchev–Trinajstić information content (AvgIpc) is 2.43. The van der Waals surface area contributed by atoms with E-state index in [1.807, 2.05) is 0 Å². The van der Waals surface area contributed by atoms with E-state index in [4.69, 9.17) is 4.74 Å². The molecule has 0 amide bonds. The van der Waals surface area contributed by atoms with Crippen molar-refractivity contribution in [1.29, 1.82) is 0 Å². The summed E-state index contributed by atoms with van der Waals surface area (Å²) in [6.45, 7) is 13.9. The Morgan fingerprint density at radius 1 is 0.722 bits per heavy atom. The predicted octanol–water partition coefficient (Wildman–Crippen LogP) is 2.61. The Labute approximate surface area is 113 Å². The van der Waals surface area contributed by atoms with Gasteiger partial charge in [0.1, 0.15) is 0 Å². The largest absolute Gasteiger partial charge is 0.379 e. The maximum Gasteiger partial charge on any atom is 0.0594 e. The van der Waals surface area contributed by atoms with Gasteiger partial charge in [0.25, 0.3) is 0 Å². The summed E-state index contributed by atoms with van der Waals surface area (Å²) in [4.78, 5) is 5.02. The molecule has 0 bridgehead atoms. The monoisotopic (exact) mass is 256 g/mol. The van der Waals surface area contributed by atoms with Crippen molar-refractivity contribution in [3.63, 3.8) is 0 Å². The Morgan fingerprint density at radius 3 is 1.72 bits per heavy atom. The Kier molecular flexibility index (Phi) is 9.54. The number of hydrogen-bond donors (Lipinski definition) is 0. The number of likely N-dealkylation sites (tertiary alicyclic amines) is 1. The minimum absolute atomic E-state index is 0.931. The van der Waals surface area contributed by atoms with Gasteiger partial charge in [-0.05, 0) is 51.9 Å². The van der Waals surface area contributed by atoms with Gasteiger partial charge in [0.05, 0.1) is 13.2 Å². The zero-order chi connectivity index (χ0) is 13.1. The Balaban J connectivity index is 0.000000180. The van der Waals surface area contributed by atoms with E-state index in [-0.39, 0.29) is 0 Å². The number of ether oxygens (including phenoxy) is 1. The van der Waals surface area contributed by atoms with E-state index in [1.54, 1.807) is 0 Å². The molecule has 2 rings (SSSR count). The molecule has 0 aromatic rings. The second-order valence-electron chi connectivity index (χ2n) is 5.36. The van der Waals surface area contributed by atoms with Gasteiger partial charge >= 0.3 is 0 Å². The van der Waals surface area contributed by atoms with E-state index < -0.39 is 0 Å². The van der Waals surface area contributed by atoms with Gasteiger partial charge in [0, 0.05) is 13.1 Å². The molecule has 0 atom stereocenters. The molecule has 2 aliphatic rings. The van der Waals surface area contributed by atoms with Gasteiger partial charge in [-0.1, -0.05) is 20.3 Å². The van der Waals surface area contributed by atoms with Gasteiger partial charge in [-0.25, -0.2) is 0 Å². The van der Waals surface area contributed by atoms with Crippen LogP contribution in [0.5, 0.6) is 0 Å². The molecule has 3 heteroatoms. The van der Waals surface area contributed by atoms with Crippen LogP contribution < -0.4 is 0 Å². The zero-order valence-corrected chi connectivity index (χ0v) is 12.5. The summed E-state index contributed by atoms with van der Waals surface area (Å²) in [6.07, 6.45) is 6.90. The summed E-state index contributed by atoms with van der Waals surface area (Å²) in [6, 6.07) is 0. The Hall–Kier alpha value is -0.120. The lowest BCUT2D eigenvalue weighted by Crippen LogP contribution is -2.36. The fourth-order valence-electron chi connectivity index (χ4n) is 2.64. The number of piperidine rings is 1. The van der Waals surface area contributed by atoms with Crippen LogP contribution in [-0.2, 0) is 4.74 Å². The van der Waals surface area contributed by atoms with Crippen LogP contribution in [0.25, 0.3) is 0 Å². The summed E-state index contributed by atoms with van der Waals surface area (Å²) in [7, 11) is 0. The lowest BCUT2D eigenvalue weighted by atomic mass is 10.1. The molecule has 3 nitrogen and oxygen atoms in total. The third-order valence-corrected chi connectivity index (χ3v) is 3.63. The molecule has 2 fully saturated rings. The lowest BCUT2D eigenvalue weighted by molar-refractivity contribution is 0.0380. The molecule has 18 heavy (non-hydrogen) atoms. The smallest absolute Gasteiger partial charge is 0.0594 e. The molecule has 2 heterocycles. The van der Waals surface area contributed by atoms with E-state index in [9.17, 15) is 0 Å². The minimum Gasteiger partial charge on any atom is -0.379 e. The molecular weight excluding hydrogens is 224 g/mol.